The highest BCUT2D eigenvalue weighted by molar-refractivity contribution is 5.96. The summed E-state index contributed by atoms with van der Waals surface area (Å²) in [7, 11) is 0. The van der Waals surface area contributed by atoms with Gasteiger partial charge in [0.2, 0.25) is 5.91 Å². The number of carbonyl (C=O) groups excluding carboxylic acids is 2. The summed E-state index contributed by atoms with van der Waals surface area (Å²) in [6.45, 7) is 2.46. The number of amides is 2. The van der Waals surface area contributed by atoms with E-state index in [1.807, 2.05) is 0 Å². The van der Waals surface area contributed by atoms with E-state index in [-0.39, 0.29) is 22.9 Å². The number of hydrogen-bond donors (Lipinski definition) is 2. The SMILES string of the molecule is CC(=O)Nc1cc(C(=O)NCc2cc(C(F)(F)F)ccc2F)cc(C)n1. The fraction of sp³-hybridized carbons (Fsp3) is 0.235. The first-order valence-electron chi connectivity index (χ1n) is 7.46. The van der Waals surface area contributed by atoms with Crippen molar-refractivity contribution in [3.8, 4) is 0 Å². The Hall–Kier alpha value is -2.97. The Morgan fingerprint density at radius 1 is 1.15 bits per heavy atom. The molecule has 1 aromatic heterocycles. The second kappa shape index (κ2) is 7.51. The number of carbonyl (C=O) groups is 2. The van der Waals surface area contributed by atoms with Gasteiger partial charge in [-0.2, -0.15) is 13.2 Å². The van der Waals surface area contributed by atoms with Crippen LogP contribution in [0.2, 0.25) is 0 Å². The minimum Gasteiger partial charge on any atom is -0.348 e. The lowest BCUT2D eigenvalue weighted by atomic mass is 10.1. The van der Waals surface area contributed by atoms with Gasteiger partial charge in [-0.15, -0.1) is 0 Å². The molecule has 0 saturated heterocycles. The first-order chi connectivity index (χ1) is 12.1. The summed E-state index contributed by atoms with van der Waals surface area (Å²) in [5, 5.41) is 4.79. The van der Waals surface area contributed by atoms with Gasteiger partial charge in [0.15, 0.2) is 0 Å². The summed E-state index contributed by atoms with van der Waals surface area (Å²) in [5.74, 6) is -1.71. The molecule has 2 rings (SSSR count). The molecule has 0 aliphatic rings. The van der Waals surface area contributed by atoms with Gasteiger partial charge in [0.1, 0.15) is 11.6 Å². The molecule has 0 bridgehead atoms. The minimum atomic E-state index is -4.61. The van der Waals surface area contributed by atoms with Crippen molar-refractivity contribution in [1.29, 1.82) is 0 Å². The summed E-state index contributed by atoms with van der Waals surface area (Å²) >= 11 is 0. The molecule has 2 amide bonds. The maximum Gasteiger partial charge on any atom is 0.416 e. The molecule has 9 heteroatoms. The average Bonchev–Trinajstić information content (AvgIpc) is 2.51. The summed E-state index contributed by atoms with van der Waals surface area (Å²) in [6, 6.07) is 4.73. The third kappa shape index (κ3) is 5.01. The minimum absolute atomic E-state index is 0.133. The molecule has 5 nitrogen and oxygen atoms in total. The van der Waals surface area contributed by atoms with Crippen LogP contribution in [0.5, 0.6) is 0 Å². The Kier molecular flexibility index (Phi) is 5.59. The second-order valence-corrected chi connectivity index (χ2v) is 5.55. The van der Waals surface area contributed by atoms with Crippen LogP contribution in [-0.2, 0) is 17.5 Å². The van der Waals surface area contributed by atoms with Gasteiger partial charge >= 0.3 is 6.18 Å². The van der Waals surface area contributed by atoms with E-state index in [1.165, 1.54) is 19.1 Å². The van der Waals surface area contributed by atoms with Crippen molar-refractivity contribution >= 4 is 17.6 Å². The van der Waals surface area contributed by atoms with E-state index in [1.54, 1.807) is 6.92 Å². The van der Waals surface area contributed by atoms with Crippen molar-refractivity contribution in [2.75, 3.05) is 5.32 Å². The van der Waals surface area contributed by atoms with Gasteiger partial charge in [-0.25, -0.2) is 9.37 Å². The molecule has 0 atom stereocenters. The lowest BCUT2D eigenvalue weighted by molar-refractivity contribution is -0.137. The highest BCUT2D eigenvalue weighted by atomic mass is 19.4. The maximum atomic E-state index is 13.7. The Bertz CT molecular complexity index is 850. The topological polar surface area (TPSA) is 71.1 Å². The van der Waals surface area contributed by atoms with Crippen molar-refractivity contribution in [1.82, 2.24) is 10.3 Å². The quantitative estimate of drug-likeness (QED) is 0.811. The average molecular weight is 369 g/mol. The van der Waals surface area contributed by atoms with Crippen LogP contribution in [-0.4, -0.2) is 16.8 Å². The van der Waals surface area contributed by atoms with Crippen LogP contribution in [0.3, 0.4) is 0 Å². The molecule has 0 saturated carbocycles. The first-order valence-corrected chi connectivity index (χ1v) is 7.46. The molecule has 0 aliphatic carbocycles. The Morgan fingerprint density at radius 3 is 2.46 bits per heavy atom. The molecular weight excluding hydrogens is 354 g/mol. The zero-order valence-electron chi connectivity index (χ0n) is 13.9. The lowest BCUT2D eigenvalue weighted by Gasteiger charge is -2.11. The third-order valence-corrected chi connectivity index (χ3v) is 3.33. The van der Waals surface area contributed by atoms with Crippen LogP contribution in [0.15, 0.2) is 30.3 Å². The molecule has 2 N–H and O–H groups in total. The predicted octanol–water partition coefficient (Wildman–Crippen LogP) is 3.44. The van der Waals surface area contributed by atoms with Crippen LogP contribution in [0.1, 0.15) is 34.1 Å². The number of anilines is 1. The molecule has 0 fully saturated rings. The van der Waals surface area contributed by atoms with E-state index in [0.717, 1.165) is 0 Å². The van der Waals surface area contributed by atoms with Gasteiger partial charge in [-0.05, 0) is 37.3 Å². The van der Waals surface area contributed by atoms with Crippen molar-refractivity contribution in [3.05, 3.63) is 58.5 Å². The number of hydrogen-bond acceptors (Lipinski definition) is 3. The first kappa shape index (κ1) is 19.4. The summed E-state index contributed by atoms with van der Waals surface area (Å²) in [5.41, 5.74) is -0.711. The van der Waals surface area contributed by atoms with E-state index in [9.17, 15) is 27.2 Å². The number of benzene rings is 1. The van der Waals surface area contributed by atoms with Gasteiger partial charge in [-0.3, -0.25) is 9.59 Å². The predicted molar refractivity (Wildman–Crippen MR) is 85.8 cm³/mol. The third-order valence-electron chi connectivity index (χ3n) is 3.33. The van der Waals surface area contributed by atoms with Crippen LogP contribution in [0, 0.1) is 12.7 Å². The van der Waals surface area contributed by atoms with Crippen LogP contribution < -0.4 is 10.6 Å². The number of aryl methyl sites for hydroxylation is 1. The highest BCUT2D eigenvalue weighted by Gasteiger charge is 2.31. The van der Waals surface area contributed by atoms with Gasteiger partial charge in [0.05, 0.1) is 5.56 Å². The Labute approximate surface area is 146 Å². The van der Waals surface area contributed by atoms with Gasteiger partial charge in [0.25, 0.3) is 5.91 Å². The van der Waals surface area contributed by atoms with E-state index in [2.05, 4.69) is 15.6 Å². The molecule has 138 valence electrons. The molecular formula is C17H15F4N3O2. The number of nitrogens with one attached hydrogen (secondary N) is 2. The monoisotopic (exact) mass is 369 g/mol. The Morgan fingerprint density at radius 2 is 1.85 bits per heavy atom. The normalized spacial score (nSPS) is 11.2. The number of halogens is 4. The number of nitrogens with zero attached hydrogens (tertiary/aromatic N) is 1. The maximum absolute atomic E-state index is 13.7. The molecule has 0 unspecified atom stereocenters. The smallest absolute Gasteiger partial charge is 0.348 e. The van der Waals surface area contributed by atoms with Crippen molar-refractivity contribution in [2.24, 2.45) is 0 Å². The number of rotatable bonds is 4. The molecule has 26 heavy (non-hydrogen) atoms. The van der Waals surface area contributed by atoms with Crippen molar-refractivity contribution in [2.45, 2.75) is 26.6 Å². The zero-order chi connectivity index (χ0) is 19.5. The highest BCUT2D eigenvalue weighted by Crippen LogP contribution is 2.30. The lowest BCUT2D eigenvalue weighted by Crippen LogP contribution is -2.24. The van der Waals surface area contributed by atoms with Gasteiger partial charge in [-0.1, -0.05) is 0 Å². The van der Waals surface area contributed by atoms with Crippen LogP contribution in [0.25, 0.3) is 0 Å². The van der Waals surface area contributed by atoms with Crippen molar-refractivity contribution < 1.29 is 27.2 Å². The van der Waals surface area contributed by atoms with E-state index < -0.39 is 30.0 Å². The fourth-order valence-corrected chi connectivity index (χ4v) is 2.21. The van der Waals surface area contributed by atoms with Gasteiger partial charge in [0, 0.05) is 30.3 Å². The van der Waals surface area contributed by atoms with Crippen LogP contribution >= 0.6 is 0 Å². The standard InChI is InChI=1S/C17H15F4N3O2/c1-9-5-11(7-15(23-9)24-10(2)25)16(26)22-8-12-6-13(17(19,20)21)3-4-14(12)18/h3-7H,8H2,1-2H3,(H,22,26)(H,23,24,25). The zero-order valence-corrected chi connectivity index (χ0v) is 13.9. The van der Waals surface area contributed by atoms with Gasteiger partial charge < -0.3 is 10.6 Å². The molecule has 0 radical (unpaired) electrons. The number of pyridine rings is 1. The van der Waals surface area contributed by atoms with E-state index >= 15 is 0 Å². The Balaban J connectivity index is 2.16. The number of aromatic nitrogens is 1. The van der Waals surface area contributed by atoms with Crippen LogP contribution in [0.4, 0.5) is 23.4 Å². The molecule has 1 aromatic carbocycles. The molecule has 2 aromatic rings. The molecule has 0 spiro atoms. The van der Waals surface area contributed by atoms with Crippen molar-refractivity contribution in [3.63, 3.8) is 0 Å². The summed E-state index contributed by atoms with van der Waals surface area (Å²) in [6.07, 6.45) is -4.61. The summed E-state index contributed by atoms with van der Waals surface area (Å²) in [4.78, 5) is 27.3. The van der Waals surface area contributed by atoms with E-state index in [0.29, 0.717) is 23.9 Å². The molecule has 1 heterocycles. The molecule has 0 aliphatic heterocycles. The number of alkyl halides is 3. The second-order valence-electron chi connectivity index (χ2n) is 5.55. The van der Waals surface area contributed by atoms with E-state index in [4.69, 9.17) is 0 Å². The summed E-state index contributed by atoms with van der Waals surface area (Å²) < 4.78 is 51.8. The largest absolute Gasteiger partial charge is 0.416 e. The fourth-order valence-electron chi connectivity index (χ4n) is 2.21.